The van der Waals surface area contributed by atoms with E-state index in [0.29, 0.717) is 37.7 Å². The van der Waals surface area contributed by atoms with Gasteiger partial charge in [0, 0.05) is 37.8 Å². The van der Waals surface area contributed by atoms with E-state index in [1.807, 2.05) is 77.7 Å². The maximum atomic E-state index is 12.7. The van der Waals surface area contributed by atoms with Crippen LogP contribution < -0.4 is 10.2 Å². The van der Waals surface area contributed by atoms with Crippen LogP contribution in [0, 0.1) is 0 Å². The van der Waals surface area contributed by atoms with Gasteiger partial charge in [-0.3, -0.25) is 9.59 Å². The number of amides is 2. The zero-order chi connectivity index (χ0) is 23.9. The molecule has 3 aromatic carbocycles. The van der Waals surface area contributed by atoms with Crippen LogP contribution in [0.2, 0.25) is 0 Å². The van der Waals surface area contributed by atoms with Crippen molar-refractivity contribution in [3.8, 4) is 0 Å². The number of anilines is 2. The lowest BCUT2D eigenvalue weighted by Crippen LogP contribution is -2.49. The van der Waals surface area contributed by atoms with Gasteiger partial charge >= 0.3 is 0 Å². The molecule has 0 aliphatic carbocycles. The van der Waals surface area contributed by atoms with E-state index >= 15 is 0 Å². The minimum atomic E-state index is -0.168. The number of carbonyl (C=O) groups excluding carboxylic acids is 2. The molecule has 0 saturated carbocycles. The lowest BCUT2D eigenvalue weighted by atomic mass is 10.0. The third-order valence-electron chi connectivity index (χ3n) is 6.12. The van der Waals surface area contributed by atoms with Crippen LogP contribution >= 0.6 is 0 Å². The van der Waals surface area contributed by atoms with Crippen LogP contribution in [-0.2, 0) is 4.79 Å². The summed E-state index contributed by atoms with van der Waals surface area (Å²) >= 11 is 0. The van der Waals surface area contributed by atoms with Gasteiger partial charge in [-0.05, 0) is 47.4 Å². The Morgan fingerprint density at radius 3 is 2.15 bits per heavy atom. The molecule has 1 saturated heterocycles. The number of hydrogen-bond acceptors (Lipinski definition) is 3. The summed E-state index contributed by atoms with van der Waals surface area (Å²) in [5.74, 6) is 0.378. The van der Waals surface area contributed by atoms with E-state index in [9.17, 15) is 9.59 Å². The van der Waals surface area contributed by atoms with Gasteiger partial charge in [0.05, 0.1) is 11.4 Å². The number of hydrogen-bond donors (Lipinski definition) is 1. The molecule has 1 aliphatic heterocycles. The van der Waals surface area contributed by atoms with Crippen molar-refractivity contribution < 1.29 is 9.59 Å². The highest BCUT2D eigenvalue weighted by Crippen LogP contribution is 2.27. The average Bonchev–Trinajstić information content (AvgIpc) is 2.88. The predicted molar refractivity (Wildman–Crippen MR) is 139 cm³/mol. The Bertz CT molecular complexity index is 1150. The van der Waals surface area contributed by atoms with E-state index < -0.39 is 0 Å². The molecule has 0 unspecified atom stereocenters. The fraction of sp³-hybridized carbons (Fsp3) is 0.241. The molecular formula is C29H31N3O2. The van der Waals surface area contributed by atoms with E-state index in [1.165, 1.54) is 5.56 Å². The first-order valence-electron chi connectivity index (χ1n) is 11.8. The predicted octanol–water partition coefficient (Wildman–Crippen LogP) is 5.42. The van der Waals surface area contributed by atoms with Gasteiger partial charge in [-0.1, -0.05) is 68.4 Å². The second-order valence-corrected chi connectivity index (χ2v) is 8.81. The number of carbonyl (C=O) groups is 2. The molecule has 1 heterocycles. The van der Waals surface area contributed by atoms with Crippen LogP contribution in [0.4, 0.5) is 11.4 Å². The molecule has 0 radical (unpaired) electrons. The molecule has 174 valence electrons. The van der Waals surface area contributed by atoms with E-state index in [-0.39, 0.29) is 11.8 Å². The van der Waals surface area contributed by atoms with Gasteiger partial charge in [-0.25, -0.2) is 0 Å². The third kappa shape index (κ3) is 5.73. The normalized spacial score (nSPS) is 14.0. The molecule has 5 nitrogen and oxygen atoms in total. The zero-order valence-corrected chi connectivity index (χ0v) is 19.8. The topological polar surface area (TPSA) is 52.7 Å². The summed E-state index contributed by atoms with van der Waals surface area (Å²) in [7, 11) is 0. The summed E-state index contributed by atoms with van der Waals surface area (Å²) < 4.78 is 0. The summed E-state index contributed by atoms with van der Waals surface area (Å²) in [5, 5.41) is 3.02. The van der Waals surface area contributed by atoms with Crippen molar-refractivity contribution in [2.45, 2.75) is 19.8 Å². The van der Waals surface area contributed by atoms with Gasteiger partial charge in [-0.2, -0.15) is 0 Å². The molecule has 1 aliphatic rings. The Kier molecular flexibility index (Phi) is 7.43. The Morgan fingerprint density at radius 2 is 1.47 bits per heavy atom. The van der Waals surface area contributed by atoms with Crippen molar-refractivity contribution in [3.05, 3.63) is 102 Å². The molecule has 1 fully saturated rings. The molecule has 3 aromatic rings. The Labute approximate surface area is 201 Å². The Balaban J connectivity index is 1.37. The summed E-state index contributed by atoms with van der Waals surface area (Å²) in [6.45, 7) is 7.03. The lowest BCUT2D eigenvalue weighted by Gasteiger charge is -2.37. The molecule has 0 atom stereocenters. The van der Waals surface area contributed by atoms with Crippen LogP contribution in [0.5, 0.6) is 0 Å². The van der Waals surface area contributed by atoms with Gasteiger partial charge in [0.15, 0.2) is 0 Å². The summed E-state index contributed by atoms with van der Waals surface area (Å²) in [4.78, 5) is 29.5. The summed E-state index contributed by atoms with van der Waals surface area (Å²) in [6, 6.07) is 25.5. The van der Waals surface area contributed by atoms with Gasteiger partial charge in [0.2, 0.25) is 5.91 Å². The first-order valence-corrected chi connectivity index (χ1v) is 11.8. The molecule has 0 aromatic heterocycles. The highest BCUT2D eigenvalue weighted by atomic mass is 16.2. The molecular weight excluding hydrogens is 422 g/mol. The van der Waals surface area contributed by atoms with Crippen molar-refractivity contribution in [3.63, 3.8) is 0 Å². The molecule has 1 N–H and O–H groups in total. The van der Waals surface area contributed by atoms with Crippen molar-refractivity contribution in [1.29, 1.82) is 0 Å². The van der Waals surface area contributed by atoms with Crippen LogP contribution in [0.15, 0.2) is 84.9 Å². The summed E-state index contributed by atoms with van der Waals surface area (Å²) in [5.41, 5.74) is 4.73. The fourth-order valence-corrected chi connectivity index (χ4v) is 4.11. The van der Waals surface area contributed by atoms with Gasteiger partial charge < -0.3 is 15.1 Å². The largest absolute Gasteiger partial charge is 0.366 e. The molecule has 4 rings (SSSR count). The zero-order valence-electron chi connectivity index (χ0n) is 19.8. The monoisotopic (exact) mass is 453 g/mol. The number of para-hydroxylation sites is 2. The van der Waals surface area contributed by atoms with Gasteiger partial charge in [-0.15, -0.1) is 0 Å². The standard InChI is InChI=1S/C29H31N3O2/c1-22(2)24-15-12-23(13-16-24)14-17-28(33)30-26-10-6-7-11-27(26)31-18-20-32(21-19-31)29(34)25-8-4-3-5-9-25/h3-17,22H,18-21H2,1-2H3,(H,30,33)/b17-14+. The summed E-state index contributed by atoms with van der Waals surface area (Å²) in [6.07, 6.45) is 3.40. The number of benzene rings is 3. The first kappa shape index (κ1) is 23.3. The van der Waals surface area contributed by atoms with E-state index in [1.54, 1.807) is 6.08 Å². The number of nitrogens with zero attached hydrogens (tertiary/aromatic N) is 2. The fourth-order valence-electron chi connectivity index (χ4n) is 4.11. The van der Waals surface area contributed by atoms with Crippen LogP contribution in [0.25, 0.3) is 6.08 Å². The maximum absolute atomic E-state index is 12.7. The van der Waals surface area contributed by atoms with Crippen molar-refractivity contribution in [2.24, 2.45) is 0 Å². The highest BCUT2D eigenvalue weighted by molar-refractivity contribution is 6.03. The van der Waals surface area contributed by atoms with Gasteiger partial charge in [0.1, 0.15) is 0 Å². The third-order valence-corrected chi connectivity index (χ3v) is 6.12. The quantitative estimate of drug-likeness (QED) is 0.507. The Hall–Kier alpha value is -3.86. The van der Waals surface area contributed by atoms with Crippen LogP contribution in [0.3, 0.4) is 0 Å². The second kappa shape index (κ2) is 10.8. The second-order valence-electron chi connectivity index (χ2n) is 8.81. The lowest BCUT2D eigenvalue weighted by molar-refractivity contribution is -0.111. The number of rotatable bonds is 6. The van der Waals surface area contributed by atoms with Gasteiger partial charge in [0.25, 0.3) is 5.91 Å². The minimum Gasteiger partial charge on any atom is -0.366 e. The van der Waals surface area contributed by atoms with Crippen molar-refractivity contribution in [1.82, 2.24) is 4.90 Å². The average molecular weight is 454 g/mol. The van der Waals surface area contributed by atoms with Crippen molar-refractivity contribution in [2.75, 3.05) is 36.4 Å². The van der Waals surface area contributed by atoms with E-state index in [0.717, 1.165) is 16.9 Å². The molecule has 0 bridgehead atoms. The van der Waals surface area contributed by atoms with E-state index in [4.69, 9.17) is 0 Å². The van der Waals surface area contributed by atoms with Crippen LogP contribution in [0.1, 0.15) is 41.3 Å². The first-order chi connectivity index (χ1) is 16.5. The molecule has 2 amide bonds. The molecule has 0 spiro atoms. The maximum Gasteiger partial charge on any atom is 0.253 e. The van der Waals surface area contributed by atoms with Crippen molar-refractivity contribution >= 4 is 29.3 Å². The van der Waals surface area contributed by atoms with Crippen LogP contribution in [-0.4, -0.2) is 42.9 Å². The number of nitrogens with one attached hydrogen (secondary N) is 1. The smallest absolute Gasteiger partial charge is 0.253 e. The van der Waals surface area contributed by atoms with E-state index in [2.05, 4.69) is 36.2 Å². The highest BCUT2D eigenvalue weighted by Gasteiger charge is 2.23. The number of piperazine rings is 1. The molecule has 5 heteroatoms. The SMILES string of the molecule is CC(C)c1ccc(/C=C/C(=O)Nc2ccccc2N2CCN(C(=O)c3ccccc3)CC2)cc1. The Morgan fingerprint density at radius 1 is 0.824 bits per heavy atom. The molecule has 34 heavy (non-hydrogen) atoms. The minimum absolute atomic E-state index is 0.0633.